The average molecular weight is 332 g/mol. The van der Waals surface area contributed by atoms with Crippen molar-refractivity contribution >= 4 is 11.9 Å². The molecule has 0 aromatic carbocycles. The molecule has 1 unspecified atom stereocenters. The molecule has 0 N–H and O–H groups in total. The maximum atomic E-state index is 12.7. The van der Waals surface area contributed by atoms with Crippen LogP contribution in [-0.4, -0.2) is 54.6 Å². The number of rotatable bonds is 1. The summed E-state index contributed by atoms with van der Waals surface area (Å²) in [5, 5.41) is 0. The van der Waals surface area contributed by atoms with E-state index < -0.39 is 0 Å². The summed E-state index contributed by atoms with van der Waals surface area (Å²) < 4.78 is 5.90. The Hall–Kier alpha value is -1.69. The van der Waals surface area contributed by atoms with Crippen molar-refractivity contribution < 1.29 is 9.53 Å². The van der Waals surface area contributed by atoms with Gasteiger partial charge in [0.15, 0.2) is 0 Å². The second-order valence-electron chi connectivity index (χ2n) is 8.33. The number of carbonyl (C=O) groups is 1. The second-order valence-corrected chi connectivity index (χ2v) is 8.33. The van der Waals surface area contributed by atoms with Crippen LogP contribution in [-0.2, 0) is 21.6 Å². The van der Waals surface area contributed by atoms with Crippen LogP contribution in [0.1, 0.15) is 44.1 Å². The Morgan fingerprint density at radius 2 is 2.00 bits per heavy atom. The lowest BCUT2D eigenvalue weighted by atomic mass is 9.80. The number of hydrogen-bond donors (Lipinski definition) is 0. The molecule has 2 aliphatic rings. The number of nitrogens with zero attached hydrogens (tertiary/aromatic N) is 4. The third kappa shape index (κ3) is 2.77. The van der Waals surface area contributed by atoms with E-state index in [4.69, 9.17) is 9.72 Å². The molecule has 1 aromatic rings. The summed E-state index contributed by atoms with van der Waals surface area (Å²) in [6.45, 7) is 10.6. The van der Waals surface area contributed by atoms with Crippen molar-refractivity contribution in [2.45, 2.75) is 46.1 Å². The number of fused-ring (bicyclic) bond motifs is 2. The van der Waals surface area contributed by atoms with Crippen molar-refractivity contribution in [1.29, 1.82) is 0 Å². The maximum Gasteiger partial charge on any atom is 0.227 e. The summed E-state index contributed by atoms with van der Waals surface area (Å²) in [6.07, 6.45) is 0.894. The number of amides is 1. The fraction of sp³-hybridized carbons (Fsp3) is 0.722. The van der Waals surface area contributed by atoms with Gasteiger partial charge < -0.3 is 14.5 Å². The first kappa shape index (κ1) is 17.1. The van der Waals surface area contributed by atoms with Crippen LogP contribution in [0.2, 0.25) is 0 Å². The standard InChI is InChI=1S/C18H28N4O2/c1-12-13-9-24-11-18(14(13)20-16(19-12)21(5)6)7-8-22(10-18)15(23)17(2,3)4/h7-11H2,1-6H3. The Kier molecular flexibility index (Phi) is 4.06. The van der Waals surface area contributed by atoms with Crippen LogP contribution in [0.15, 0.2) is 0 Å². The van der Waals surface area contributed by atoms with Crippen LogP contribution in [0, 0.1) is 12.3 Å². The minimum absolute atomic E-state index is 0.199. The summed E-state index contributed by atoms with van der Waals surface area (Å²) in [5.74, 6) is 0.929. The second kappa shape index (κ2) is 5.69. The van der Waals surface area contributed by atoms with Crippen molar-refractivity contribution in [1.82, 2.24) is 14.9 Å². The molecule has 24 heavy (non-hydrogen) atoms. The van der Waals surface area contributed by atoms with Crippen molar-refractivity contribution in [2.75, 3.05) is 38.7 Å². The summed E-state index contributed by atoms with van der Waals surface area (Å²) in [4.78, 5) is 26.1. The van der Waals surface area contributed by atoms with E-state index in [1.807, 2.05) is 51.6 Å². The Morgan fingerprint density at radius 3 is 2.62 bits per heavy atom. The van der Waals surface area contributed by atoms with Gasteiger partial charge in [-0.3, -0.25) is 4.79 Å². The molecule has 0 radical (unpaired) electrons. The van der Waals surface area contributed by atoms with E-state index in [0.29, 0.717) is 19.8 Å². The van der Waals surface area contributed by atoms with Gasteiger partial charge in [0.25, 0.3) is 0 Å². The minimum atomic E-state index is -0.361. The molecule has 0 saturated carbocycles. The number of ether oxygens (including phenoxy) is 1. The molecule has 1 saturated heterocycles. The normalized spacial score (nSPS) is 23.5. The quantitative estimate of drug-likeness (QED) is 0.786. The molecule has 132 valence electrons. The van der Waals surface area contributed by atoms with Crippen LogP contribution >= 0.6 is 0 Å². The average Bonchev–Trinajstić information content (AvgIpc) is 2.91. The highest BCUT2D eigenvalue weighted by molar-refractivity contribution is 5.82. The maximum absolute atomic E-state index is 12.7. The zero-order valence-corrected chi connectivity index (χ0v) is 15.6. The van der Waals surface area contributed by atoms with E-state index >= 15 is 0 Å². The third-order valence-electron chi connectivity index (χ3n) is 5.01. The van der Waals surface area contributed by atoms with Gasteiger partial charge in [0.2, 0.25) is 11.9 Å². The van der Waals surface area contributed by atoms with Crippen molar-refractivity contribution in [3.63, 3.8) is 0 Å². The van der Waals surface area contributed by atoms with Gasteiger partial charge in [0, 0.05) is 43.9 Å². The fourth-order valence-electron chi connectivity index (χ4n) is 3.64. The zero-order valence-electron chi connectivity index (χ0n) is 15.6. The van der Waals surface area contributed by atoms with E-state index in [1.165, 1.54) is 0 Å². The Morgan fingerprint density at radius 1 is 1.29 bits per heavy atom. The molecule has 1 spiro atoms. The first-order valence-corrected chi connectivity index (χ1v) is 8.56. The molecular weight excluding hydrogens is 304 g/mol. The molecule has 1 fully saturated rings. The SMILES string of the molecule is Cc1nc(N(C)C)nc2c1COCC21CCN(C(=O)C(C)(C)C)C1. The van der Waals surface area contributed by atoms with Gasteiger partial charge in [-0.05, 0) is 13.3 Å². The molecule has 3 heterocycles. The van der Waals surface area contributed by atoms with E-state index in [0.717, 1.165) is 35.9 Å². The number of aromatic nitrogens is 2. The molecule has 1 atom stereocenters. The molecule has 6 nitrogen and oxygen atoms in total. The van der Waals surface area contributed by atoms with Crippen molar-refractivity contribution in [2.24, 2.45) is 5.41 Å². The van der Waals surface area contributed by atoms with Crippen LogP contribution < -0.4 is 4.90 Å². The van der Waals surface area contributed by atoms with E-state index in [2.05, 4.69) is 4.98 Å². The van der Waals surface area contributed by atoms with Gasteiger partial charge in [0.05, 0.1) is 24.3 Å². The molecule has 3 rings (SSSR count). The van der Waals surface area contributed by atoms with Gasteiger partial charge in [0.1, 0.15) is 0 Å². The van der Waals surface area contributed by atoms with Gasteiger partial charge in [-0.1, -0.05) is 20.8 Å². The van der Waals surface area contributed by atoms with E-state index in [9.17, 15) is 4.79 Å². The van der Waals surface area contributed by atoms with Gasteiger partial charge >= 0.3 is 0 Å². The summed E-state index contributed by atoms with van der Waals surface area (Å²) in [5.41, 5.74) is 2.59. The number of anilines is 1. The molecular formula is C18H28N4O2. The number of likely N-dealkylation sites (tertiary alicyclic amines) is 1. The Balaban J connectivity index is 1.99. The topological polar surface area (TPSA) is 58.6 Å². The van der Waals surface area contributed by atoms with Crippen molar-refractivity contribution in [3.05, 3.63) is 17.0 Å². The predicted molar refractivity (Wildman–Crippen MR) is 93.1 cm³/mol. The highest BCUT2D eigenvalue weighted by Gasteiger charge is 2.48. The van der Waals surface area contributed by atoms with Gasteiger partial charge in [-0.15, -0.1) is 0 Å². The molecule has 6 heteroatoms. The molecule has 1 aromatic heterocycles. The smallest absolute Gasteiger partial charge is 0.227 e. The zero-order chi connectivity index (χ0) is 17.7. The summed E-state index contributed by atoms with van der Waals surface area (Å²) in [7, 11) is 3.91. The number of hydrogen-bond acceptors (Lipinski definition) is 5. The number of aryl methyl sites for hydroxylation is 1. The van der Waals surface area contributed by atoms with E-state index in [-0.39, 0.29) is 16.7 Å². The molecule has 2 aliphatic heterocycles. The van der Waals surface area contributed by atoms with Crippen LogP contribution in [0.3, 0.4) is 0 Å². The molecule has 0 bridgehead atoms. The lowest BCUT2D eigenvalue weighted by Gasteiger charge is -2.36. The van der Waals surface area contributed by atoms with Gasteiger partial charge in [-0.25, -0.2) is 9.97 Å². The largest absolute Gasteiger partial charge is 0.376 e. The van der Waals surface area contributed by atoms with Crippen molar-refractivity contribution in [3.8, 4) is 0 Å². The molecule has 0 aliphatic carbocycles. The number of carbonyl (C=O) groups excluding carboxylic acids is 1. The highest BCUT2D eigenvalue weighted by Crippen LogP contribution is 2.41. The Bertz CT molecular complexity index is 666. The minimum Gasteiger partial charge on any atom is -0.376 e. The third-order valence-corrected chi connectivity index (χ3v) is 5.01. The van der Waals surface area contributed by atoms with Gasteiger partial charge in [-0.2, -0.15) is 0 Å². The predicted octanol–water partition coefficient (Wildman–Crippen LogP) is 1.90. The van der Waals surface area contributed by atoms with Crippen LogP contribution in [0.5, 0.6) is 0 Å². The summed E-state index contributed by atoms with van der Waals surface area (Å²) in [6, 6.07) is 0. The lowest BCUT2D eigenvalue weighted by Crippen LogP contribution is -2.44. The fourth-order valence-corrected chi connectivity index (χ4v) is 3.64. The molecule has 1 amide bonds. The highest BCUT2D eigenvalue weighted by atomic mass is 16.5. The van der Waals surface area contributed by atoms with Crippen LogP contribution in [0.4, 0.5) is 5.95 Å². The first-order valence-electron chi connectivity index (χ1n) is 8.56. The summed E-state index contributed by atoms with van der Waals surface area (Å²) >= 11 is 0. The first-order chi connectivity index (χ1) is 11.1. The lowest BCUT2D eigenvalue weighted by molar-refractivity contribution is -0.138. The van der Waals surface area contributed by atoms with Crippen LogP contribution in [0.25, 0.3) is 0 Å². The monoisotopic (exact) mass is 332 g/mol. The van der Waals surface area contributed by atoms with E-state index in [1.54, 1.807) is 0 Å². The Labute approximate surface area is 144 Å².